The Balaban J connectivity index is 4.05. The molecule has 0 bridgehead atoms. The second-order valence-corrected chi connectivity index (χ2v) is 3.08. The molecule has 0 aliphatic heterocycles. The average molecular weight is 218 g/mol. The Hall–Kier alpha value is -0.900. The molecule has 11 heavy (non-hydrogen) atoms. The molecule has 0 aliphatic carbocycles. The van der Waals surface area contributed by atoms with E-state index in [4.69, 9.17) is 5.11 Å². The molecule has 0 spiro atoms. The Labute approximate surface area is 73.3 Å². The fourth-order valence-electron chi connectivity index (χ4n) is 0.285. The first kappa shape index (κ1) is 10.1. The topological polar surface area (TPSA) is 49.7 Å². The second-order valence-electron chi connectivity index (χ2n) is 1.82. The van der Waals surface area contributed by atoms with Gasteiger partial charge in [0.2, 0.25) is 0 Å². The van der Waals surface area contributed by atoms with E-state index in [0.29, 0.717) is 0 Å². The number of aliphatic imine (C=N–C) groups is 1. The summed E-state index contributed by atoms with van der Waals surface area (Å²) in [6.45, 7) is 5.05. The first-order valence-electron chi connectivity index (χ1n) is 2.81. The van der Waals surface area contributed by atoms with Gasteiger partial charge in [0.05, 0.1) is 5.57 Å². The largest absolute Gasteiger partial charge is 0.478 e. The molecule has 0 rings (SSSR count). The van der Waals surface area contributed by atoms with E-state index in [1.165, 1.54) is 12.4 Å². The summed E-state index contributed by atoms with van der Waals surface area (Å²) >= 11 is 3.13. The Morgan fingerprint density at radius 3 is 2.64 bits per heavy atom. The standard InChI is InChI=1S/C7H8BrNO2/c1-5(7(10)11)3-9-4-6(2)8/h3-4H,1H2,2H3,(H,10,11)/b6-4+,9-3?. The van der Waals surface area contributed by atoms with E-state index in [2.05, 4.69) is 27.5 Å². The molecule has 0 aromatic carbocycles. The monoisotopic (exact) mass is 217 g/mol. The lowest BCUT2D eigenvalue weighted by atomic mass is 10.3. The molecule has 3 nitrogen and oxygen atoms in total. The predicted molar refractivity (Wildman–Crippen MR) is 48.0 cm³/mol. The Bertz CT molecular complexity index is 227. The van der Waals surface area contributed by atoms with Gasteiger partial charge in [0.15, 0.2) is 0 Å². The van der Waals surface area contributed by atoms with Gasteiger partial charge in [-0.25, -0.2) is 4.79 Å². The third-order valence-electron chi connectivity index (χ3n) is 0.758. The first-order chi connectivity index (χ1) is 5.04. The number of carbonyl (C=O) groups is 1. The van der Waals surface area contributed by atoms with Gasteiger partial charge in [0.1, 0.15) is 0 Å². The molecule has 0 heterocycles. The van der Waals surface area contributed by atoms with Crippen LogP contribution in [0.3, 0.4) is 0 Å². The van der Waals surface area contributed by atoms with Crippen LogP contribution in [-0.4, -0.2) is 17.3 Å². The van der Waals surface area contributed by atoms with Crippen molar-refractivity contribution in [3.63, 3.8) is 0 Å². The summed E-state index contributed by atoms with van der Waals surface area (Å²) in [5.41, 5.74) is -0.0324. The zero-order valence-corrected chi connectivity index (χ0v) is 7.63. The molecule has 0 atom stereocenters. The van der Waals surface area contributed by atoms with Crippen LogP contribution in [0.5, 0.6) is 0 Å². The first-order valence-corrected chi connectivity index (χ1v) is 3.61. The van der Waals surface area contributed by atoms with Gasteiger partial charge < -0.3 is 5.11 Å². The van der Waals surface area contributed by atoms with Crippen LogP contribution in [-0.2, 0) is 4.79 Å². The van der Waals surface area contributed by atoms with E-state index in [1.807, 2.05) is 0 Å². The van der Waals surface area contributed by atoms with E-state index in [0.717, 1.165) is 4.48 Å². The van der Waals surface area contributed by atoms with Crippen molar-refractivity contribution >= 4 is 28.1 Å². The molecule has 0 aromatic heterocycles. The van der Waals surface area contributed by atoms with Crippen LogP contribution < -0.4 is 0 Å². The molecule has 0 saturated carbocycles. The number of aliphatic carboxylic acids is 1. The summed E-state index contributed by atoms with van der Waals surface area (Å²) < 4.78 is 0.826. The molecule has 60 valence electrons. The van der Waals surface area contributed by atoms with E-state index in [9.17, 15) is 4.79 Å². The summed E-state index contributed by atoms with van der Waals surface area (Å²) in [5, 5.41) is 8.32. The molecular weight excluding hydrogens is 210 g/mol. The maximum atomic E-state index is 10.2. The van der Waals surface area contributed by atoms with Gasteiger partial charge in [-0.05, 0) is 6.92 Å². The quantitative estimate of drug-likeness (QED) is 0.581. The van der Waals surface area contributed by atoms with Crippen LogP contribution in [0.4, 0.5) is 0 Å². The maximum Gasteiger partial charge on any atom is 0.336 e. The van der Waals surface area contributed by atoms with Crippen molar-refractivity contribution in [1.82, 2.24) is 0 Å². The maximum absolute atomic E-state index is 10.2. The zero-order chi connectivity index (χ0) is 8.85. The van der Waals surface area contributed by atoms with Gasteiger partial charge >= 0.3 is 5.97 Å². The number of hydrogen-bond acceptors (Lipinski definition) is 2. The molecule has 0 saturated heterocycles. The van der Waals surface area contributed by atoms with E-state index < -0.39 is 5.97 Å². The lowest BCUT2D eigenvalue weighted by Gasteiger charge is -1.86. The van der Waals surface area contributed by atoms with Crippen molar-refractivity contribution in [3.8, 4) is 0 Å². The normalized spacial score (nSPS) is 12.0. The van der Waals surface area contributed by atoms with Crippen LogP contribution >= 0.6 is 15.9 Å². The highest BCUT2D eigenvalue weighted by atomic mass is 79.9. The molecule has 0 radical (unpaired) electrons. The number of halogens is 1. The summed E-state index contributed by atoms with van der Waals surface area (Å²) in [5.74, 6) is -1.06. The number of carboxylic acid groups (broad SMARTS) is 1. The fourth-order valence-corrected chi connectivity index (χ4v) is 0.403. The number of hydrogen-bond donors (Lipinski definition) is 1. The fraction of sp³-hybridized carbons (Fsp3) is 0.143. The van der Waals surface area contributed by atoms with Crippen LogP contribution in [0.25, 0.3) is 0 Å². The second kappa shape index (κ2) is 4.85. The summed E-state index contributed by atoms with van der Waals surface area (Å²) in [7, 11) is 0. The van der Waals surface area contributed by atoms with Crippen LogP contribution in [0, 0.1) is 0 Å². The molecule has 0 fully saturated rings. The van der Waals surface area contributed by atoms with Crippen LogP contribution in [0.1, 0.15) is 6.92 Å². The molecule has 4 heteroatoms. The smallest absolute Gasteiger partial charge is 0.336 e. The molecular formula is C7H8BrNO2. The number of carboxylic acids is 1. The Morgan fingerprint density at radius 1 is 1.73 bits per heavy atom. The zero-order valence-electron chi connectivity index (χ0n) is 6.04. The molecule has 1 N–H and O–H groups in total. The van der Waals surface area contributed by atoms with Gasteiger partial charge in [0, 0.05) is 16.9 Å². The van der Waals surface area contributed by atoms with E-state index in [-0.39, 0.29) is 5.57 Å². The van der Waals surface area contributed by atoms with Crippen molar-refractivity contribution in [3.05, 3.63) is 22.8 Å². The third-order valence-corrected chi connectivity index (χ3v) is 0.962. The number of allylic oxidation sites excluding steroid dienone is 1. The highest BCUT2D eigenvalue weighted by molar-refractivity contribution is 9.11. The summed E-state index contributed by atoms with van der Waals surface area (Å²) in [4.78, 5) is 13.8. The summed E-state index contributed by atoms with van der Waals surface area (Å²) in [6.07, 6.45) is 2.68. The minimum Gasteiger partial charge on any atom is -0.478 e. The van der Waals surface area contributed by atoms with E-state index in [1.54, 1.807) is 6.92 Å². The van der Waals surface area contributed by atoms with Crippen LogP contribution in [0.2, 0.25) is 0 Å². The van der Waals surface area contributed by atoms with Crippen molar-refractivity contribution in [2.24, 2.45) is 4.99 Å². The van der Waals surface area contributed by atoms with Crippen molar-refractivity contribution < 1.29 is 9.90 Å². The SMILES string of the molecule is C=C(C=N/C=C(\C)Br)C(=O)O. The highest BCUT2D eigenvalue weighted by Crippen LogP contribution is 2.00. The lowest BCUT2D eigenvalue weighted by Crippen LogP contribution is -1.98. The Morgan fingerprint density at radius 2 is 2.27 bits per heavy atom. The number of nitrogens with zero attached hydrogens (tertiary/aromatic N) is 1. The molecule has 0 aliphatic rings. The minimum absolute atomic E-state index is 0.0324. The van der Waals surface area contributed by atoms with Crippen molar-refractivity contribution in [1.29, 1.82) is 0 Å². The van der Waals surface area contributed by atoms with Crippen molar-refractivity contribution in [2.45, 2.75) is 6.92 Å². The lowest BCUT2D eigenvalue weighted by molar-refractivity contribution is -0.131. The van der Waals surface area contributed by atoms with Crippen molar-refractivity contribution in [2.75, 3.05) is 0 Å². The molecule has 0 unspecified atom stereocenters. The van der Waals surface area contributed by atoms with Gasteiger partial charge in [-0.15, -0.1) is 0 Å². The van der Waals surface area contributed by atoms with Crippen LogP contribution in [0.15, 0.2) is 27.8 Å². The van der Waals surface area contributed by atoms with Gasteiger partial charge in [0.25, 0.3) is 0 Å². The van der Waals surface area contributed by atoms with Gasteiger partial charge in [-0.3, -0.25) is 4.99 Å². The van der Waals surface area contributed by atoms with Gasteiger partial charge in [-0.1, -0.05) is 22.5 Å². The average Bonchev–Trinajstić information content (AvgIpc) is 1.86. The number of rotatable bonds is 3. The minimum atomic E-state index is -1.06. The predicted octanol–water partition coefficient (Wildman–Crippen LogP) is 1.95. The molecule has 0 aromatic rings. The molecule has 0 amide bonds. The third kappa shape index (κ3) is 5.54. The Kier molecular flexibility index (Phi) is 4.45. The van der Waals surface area contributed by atoms with E-state index >= 15 is 0 Å². The highest BCUT2D eigenvalue weighted by Gasteiger charge is 1.96. The van der Waals surface area contributed by atoms with Gasteiger partial charge in [-0.2, -0.15) is 0 Å². The summed E-state index contributed by atoms with van der Waals surface area (Å²) in [6, 6.07) is 0.